The van der Waals surface area contributed by atoms with Crippen LogP contribution in [-0.4, -0.2) is 22.5 Å². The molecule has 0 unspecified atom stereocenters. The van der Waals surface area contributed by atoms with Crippen molar-refractivity contribution in [2.24, 2.45) is 0 Å². The molecule has 0 spiro atoms. The van der Waals surface area contributed by atoms with Gasteiger partial charge in [-0.1, -0.05) is 29.4 Å². The highest BCUT2D eigenvalue weighted by molar-refractivity contribution is 6.29. The molecule has 1 aromatic carbocycles. The van der Waals surface area contributed by atoms with E-state index in [0.29, 0.717) is 0 Å². The van der Waals surface area contributed by atoms with Gasteiger partial charge in [0.25, 0.3) is 0 Å². The highest BCUT2D eigenvalue weighted by Gasteiger charge is 2.37. The number of rotatable bonds is 1. The fourth-order valence-corrected chi connectivity index (χ4v) is 2.03. The van der Waals surface area contributed by atoms with Gasteiger partial charge in [0.15, 0.2) is 17.3 Å². The molecule has 5 nitrogen and oxygen atoms in total. The van der Waals surface area contributed by atoms with Crippen LogP contribution in [0.15, 0.2) is 28.8 Å². The zero-order chi connectivity index (χ0) is 12.9. The minimum absolute atomic E-state index is 0.0220. The second kappa shape index (κ2) is 3.46. The van der Waals surface area contributed by atoms with E-state index in [4.69, 9.17) is 4.52 Å². The fraction of sp³-hybridized carbons (Fsp3) is 0.0769. The Labute approximate surface area is 101 Å². The van der Waals surface area contributed by atoms with Gasteiger partial charge >= 0.3 is 0 Å². The zero-order valence-corrected chi connectivity index (χ0v) is 9.39. The van der Waals surface area contributed by atoms with Gasteiger partial charge in [0.1, 0.15) is 5.56 Å². The second-order valence-electron chi connectivity index (χ2n) is 4.00. The zero-order valence-electron chi connectivity index (χ0n) is 9.39. The van der Waals surface area contributed by atoms with Crippen molar-refractivity contribution < 1.29 is 18.9 Å². The highest BCUT2D eigenvalue weighted by atomic mass is 16.5. The standard InChI is InChI=1S/C13H7NO4/c1-6(15)10-9-11(16)7-4-2-3-5-8(7)12(17)13(9)18-14-10/h2-5H,1H3. The molecule has 0 amide bonds. The molecule has 3 rings (SSSR count). The molecule has 0 bridgehead atoms. The number of benzene rings is 1. The van der Waals surface area contributed by atoms with Gasteiger partial charge in [0, 0.05) is 18.1 Å². The Hall–Kier alpha value is -2.56. The van der Waals surface area contributed by atoms with Crippen molar-refractivity contribution in [3.8, 4) is 0 Å². The Kier molecular flexibility index (Phi) is 2.04. The first-order chi connectivity index (χ1) is 8.61. The predicted octanol–water partition coefficient (Wildman–Crippen LogP) is 1.65. The lowest BCUT2D eigenvalue weighted by molar-refractivity contribution is 0.0954. The van der Waals surface area contributed by atoms with Crippen LogP contribution in [-0.2, 0) is 0 Å². The number of carbonyl (C=O) groups is 3. The molecule has 1 heterocycles. The Balaban J connectivity index is 2.33. The summed E-state index contributed by atoms with van der Waals surface area (Å²) in [6, 6.07) is 6.43. The molecule has 0 atom stereocenters. The smallest absolute Gasteiger partial charge is 0.232 e. The largest absolute Gasteiger partial charge is 0.351 e. The summed E-state index contributed by atoms with van der Waals surface area (Å²) in [6.45, 7) is 1.27. The van der Waals surface area contributed by atoms with Crippen LogP contribution in [0.2, 0.25) is 0 Å². The Morgan fingerprint density at radius 1 is 1.11 bits per heavy atom. The normalized spacial score (nSPS) is 13.2. The summed E-state index contributed by atoms with van der Waals surface area (Å²) in [4.78, 5) is 35.7. The van der Waals surface area contributed by atoms with Crippen LogP contribution in [0.5, 0.6) is 0 Å². The monoisotopic (exact) mass is 241 g/mol. The van der Waals surface area contributed by atoms with Gasteiger partial charge in [-0.15, -0.1) is 0 Å². The van der Waals surface area contributed by atoms with E-state index in [9.17, 15) is 14.4 Å². The highest BCUT2D eigenvalue weighted by Crippen LogP contribution is 2.29. The van der Waals surface area contributed by atoms with E-state index < -0.39 is 17.3 Å². The van der Waals surface area contributed by atoms with Gasteiger partial charge < -0.3 is 4.52 Å². The van der Waals surface area contributed by atoms with Crippen molar-refractivity contribution in [1.82, 2.24) is 5.16 Å². The minimum Gasteiger partial charge on any atom is -0.351 e. The number of ketones is 3. The molecule has 0 saturated carbocycles. The van der Waals surface area contributed by atoms with Crippen molar-refractivity contribution in [3.05, 3.63) is 52.4 Å². The third-order valence-electron chi connectivity index (χ3n) is 2.88. The lowest BCUT2D eigenvalue weighted by Crippen LogP contribution is -2.20. The molecule has 5 heteroatoms. The number of carbonyl (C=O) groups excluding carboxylic acids is 3. The number of hydrogen-bond donors (Lipinski definition) is 0. The third-order valence-corrected chi connectivity index (χ3v) is 2.88. The summed E-state index contributed by atoms with van der Waals surface area (Å²) in [5.41, 5.74) is 0.450. The Morgan fingerprint density at radius 2 is 1.72 bits per heavy atom. The van der Waals surface area contributed by atoms with Gasteiger partial charge in [-0.05, 0) is 0 Å². The number of nitrogens with zero attached hydrogens (tertiary/aromatic N) is 1. The summed E-state index contributed by atoms with van der Waals surface area (Å²) in [6.07, 6.45) is 0. The topological polar surface area (TPSA) is 77.2 Å². The van der Waals surface area contributed by atoms with E-state index >= 15 is 0 Å². The molecule has 0 aliphatic heterocycles. The summed E-state index contributed by atoms with van der Waals surface area (Å²) < 4.78 is 4.85. The quantitative estimate of drug-likeness (QED) is 0.605. The molecule has 1 aliphatic rings. The number of Topliss-reactive ketones (excluding diaryl/α,β-unsaturated/α-hetero) is 1. The SMILES string of the molecule is CC(=O)c1noc2c1C(=O)c1ccccc1C2=O. The van der Waals surface area contributed by atoms with Crippen molar-refractivity contribution in [1.29, 1.82) is 0 Å². The first kappa shape index (κ1) is 10.6. The van der Waals surface area contributed by atoms with E-state index in [1.54, 1.807) is 24.3 Å². The maximum absolute atomic E-state index is 12.2. The van der Waals surface area contributed by atoms with Crippen LogP contribution in [0.4, 0.5) is 0 Å². The van der Waals surface area contributed by atoms with E-state index in [1.807, 2.05) is 0 Å². The van der Waals surface area contributed by atoms with Crippen LogP contribution < -0.4 is 0 Å². The Morgan fingerprint density at radius 3 is 2.33 bits per heavy atom. The second-order valence-corrected chi connectivity index (χ2v) is 4.00. The van der Waals surface area contributed by atoms with Gasteiger partial charge in [0.05, 0.1) is 0 Å². The van der Waals surface area contributed by atoms with Crippen molar-refractivity contribution in [2.75, 3.05) is 0 Å². The lowest BCUT2D eigenvalue weighted by Gasteiger charge is -2.11. The average Bonchev–Trinajstić information content (AvgIpc) is 2.81. The molecule has 18 heavy (non-hydrogen) atoms. The Bertz CT molecular complexity index is 712. The molecule has 2 aromatic rings. The lowest BCUT2D eigenvalue weighted by atomic mass is 9.87. The molecule has 1 aliphatic carbocycles. The van der Waals surface area contributed by atoms with E-state index in [0.717, 1.165) is 0 Å². The van der Waals surface area contributed by atoms with Crippen LogP contribution in [0.1, 0.15) is 49.5 Å². The third kappa shape index (κ3) is 1.21. The molecule has 88 valence electrons. The summed E-state index contributed by atoms with van der Waals surface area (Å²) in [7, 11) is 0. The predicted molar refractivity (Wildman–Crippen MR) is 59.8 cm³/mol. The number of hydrogen-bond acceptors (Lipinski definition) is 5. The molecular formula is C13H7NO4. The van der Waals surface area contributed by atoms with Gasteiger partial charge in [-0.25, -0.2) is 0 Å². The van der Waals surface area contributed by atoms with Crippen molar-refractivity contribution in [3.63, 3.8) is 0 Å². The first-order valence-corrected chi connectivity index (χ1v) is 5.30. The summed E-state index contributed by atoms with van der Waals surface area (Å²) in [5, 5.41) is 3.51. The summed E-state index contributed by atoms with van der Waals surface area (Å²) in [5.74, 6) is -1.36. The number of fused-ring (bicyclic) bond motifs is 2. The molecule has 0 saturated heterocycles. The van der Waals surface area contributed by atoms with E-state index in [2.05, 4.69) is 5.16 Å². The van der Waals surface area contributed by atoms with Crippen LogP contribution in [0, 0.1) is 0 Å². The van der Waals surface area contributed by atoms with Crippen molar-refractivity contribution in [2.45, 2.75) is 6.92 Å². The first-order valence-electron chi connectivity index (χ1n) is 5.30. The maximum atomic E-state index is 12.2. The fourth-order valence-electron chi connectivity index (χ4n) is 2.03. The molecule has 0 fully saturated rings. The van der Waals surface area contributed by atoms with Gasteiger partial charge in [-0.3, -0.25) is 14.4 Å². The minimum atomic E-state index is -0.416. The van der Waals surface area contributed by atoms with Crippen LogP contribution in [0.3, 0.4) is 0 Å². The maximum Gasteiger partial charge on any atom is 0.232 e. The van der Waals surface area contributed by atoms with Crippen molar-refractivity contribution >= 4 is 17.3 Å². The van der Waals surface area contributed by atoms with Crippen LogP contribution >= 0.6 is 0 Å². The molecular weight excluding hydrogens is 234 g/mol. The summed E-state index contributed by atoms with van der Waals surface area (Å²) >= 11 is 0. The van der Waals surface area contributed by atoms with E-state index in [-0.39, 0.29) is 28.1 Å². The number of aromatic nitrogens is 1. The van der Waals surface area contributed by atoms with Crippen LogP contribution in [0.25, 0.3) is 0 Å². The van der Waals surface area contributed by atoms with Gasteiger partial charge in [-0.2, -0.15) is 0 Å². The molecule has 0 radical (unpaired) electrons. The molecule has 1 aromatic heterocycles. The average molecular weight is 241 g/mol. The molecule has 0 N–H and O–H groups in total. The van der Waals surface area contributed by atoms with E-state index in [1.165, 1.54) is 6.92 Å². The van der Waals surface area contributed by atoms with Gasteiger partial charge in [0.2, 0.25) is 11.5 Å².